The molecule has 0 aliphatic rings. The number of allylic oxidation sites excluding steroid dienone is 1. The predicted molar refractivity (Wildman–Crippen MR) is 94.1 cm³/mol. The highest BCUT2D eigenvalue weighted by Gasteiger charge is 2.07. The Kier molecular flexibility index (Phi) is 5.34. The first-order valence-electron chi connectivity index (χ1n) is 7.29. The van der Waals surface area contributed by atoms with Crippen LogP contribution in [-0.2, 0) is 10.0 Å². The predicted octanol–water partition coefficient (Wildman–Crippen LogP) is 3.65. The molecule has 2 aromatic carbocycles. The van der Waals surface area contributed by atoms with E-state index in [2.05, 4.69) is 4.72 Å². The number of carbonyl (C=O) groups excluding carboxylic acids is 1. The number of hydrogen-bond acceptors (Lipinski definition) is 3. The van der Waals surface area contributed by atoms with Gasteiger partial charge in [0.2, 0.25) is 10.0 Å². The Morgan fingerprint density at radius 2 is 1.65 bits per heavy atom. The highest BCUT2D eigenvalue weighted by atomic mass is 32.2. The van der Waals surface area contributed by atoms with E-state index < -0.39 is 10.0 Å². The second-order valence-corrected chi connectivity index (χ2v) is 7.20. The topological polar surface area (TPSA) is 63.2 Å². The number of carbonyl (C=O) groups is 1. The highest BCUT2D eigenvalue weighted by Crippen LogP contribution is 2.13. The van der Waals surface area contributed by atoms with Gasteiger partial charge in [-0.05, 0) is 49.8 Å². The maximum absolute atomic E-state index is 12.1. The molecule has 0 aliphatic carbocycles. The lowest BCUT2D eigenvalue weighted by Gasteiger charge is -2.06. The van der Waals surface area contributed by atoms with E-state index in [9.17, 15) is 13.2 Å². The van der Waals surface area contributed by atoms with Crippen molar-refractivity contribution in [3.05, 3.63) is 71.3 Å². The van der Waals surface area contributed by atoms with Crippen molar-refractivity contribution in [1.82, 2.24) is 0 Å². The second kappa shape index (κ2) is 7.24. The average Bonchev–Trinajstić information content (AvgIpc) is 2.54. The fourth-order valence-electron chi connectivity index (χ4n) is 1.90. The molecule has 2 rings (SSSR count). The average molecular weight is 329 g/mol. The molecule has 0 spiro atoms. The van der Waals surface area contributed by atoms with Crippen molar-refractivity contribution in [2.45, 2.75) is 13.8 Å². The molecule has 0 heterocycles. The van der Waals surface area contributed by atoms with Crippen LogP contribution in [0.25, 0.3) is 6.08 Å². The lowest BCUT2D eigenvalue weighted by molar-refractivity contribution is 0.104. The minimum Gasteiger partial charge on any atom is -0.289 e. The van der Waals surface area contributed by atoms with E-state index in [0.717, 1.165) is 5.56 Å². The van der Waals surface area contributed by atoms with Gasteiger partial charge in [-0.15, -0.1) is 0 Å². The largest absolute Gasteiger partial charge is 0.289 e. The lowest BCUT2D eigenvalue weighted by atomic mass is 10.1. The minimum atomic E-state index is -3.30. The number of sulfonamides is 1. The molecule has 120 valence electrons. The Morgan fingerprint density at radius 3 is 2.22 bits per heavy atom. The standard InChI is InChI=1S/C18H19NO3S/c1-3-23(21,22)19-17-11-9-16(10-12-17)18(20)13-8-15-6-4-14(2)5-7-15/h4-13,19H,3H2,1-2H3/b13-8+. The van der Waals surface area contributed by atoms with Gasteiger partial charge in [0.05, 0.1) is 5.75 Å². The van der Waals surface area contributed by atoms with Gasteiger partial charge in [-0.3, -0.25) is 9.52 Å². The first-order chi connectivity index (χ1) is 10.9. The fourth-order valence-corrected chi connectivity index (χ4v) is 2.54. The summed E-state index contributed by atoms with van der Waals surface area (Å²) in [5, 5.41) is 0. The molecular weight excluding hydrogens is 310 g/mol. The van der Waals surface area contributed by atoms with E-state index in [-0.39, 0.29) is 11.5 Å². The van der Waals surface area contributed by atoms with Crippen LogP contribution in [0.4, 0.5) is 5.69 Å². The molecule has 0 atom stereocenters. The third-order valence-corrected chi connectivity index (χ3v) is 4.63. The third kappa shape index (κ3) is 5.07. The summed E-state index contributed by atoms with van der Waals surface area (Å²) in [6.45, 7) is 3.57. The van der Waals surface area contributed by atoms with Gasteiger partial charge in [-0.1, -0.05) is 35.9 Å². The fraction of sp³-hybridized carbons (Fsp3) is 0.167. The summed E-state index contributed by atoms with van der Waals surface area (Å²) >= 11 is 0. The van der Waals surface area contributed by atoms with Crippen molar-refractivity contribution < 1.29 is 13.2 Å². The first kappa shape index (κ1) is 17.0. The molecule has 0 fully saturated rings. The molecular formula is C18H19NO3S. The van der Waals surface area contributed by atoms with Crippen LogP contribution in [0.5, 0.6) is 0 Å². The van der Waals surface area contributed by atoms with E-state index >= 15 is 0 Å². The van der Waals surface area contributed by atoms with Crippen LogP contribution in [0.3, 0.4) is 0 Å². The number of anilines is 1. The molecule has 0 saturated carbocycles. The maximum Gasteiger partial charge on any atom is 0.232 e. The van der Waals surface area contributed by atoms with Crippen LogP contribution in [0.15, 0.2) is 54.6 Å². The Labute approximate surface area is 136 Å². The minimum absolute atomic E-state index is 0.00691. The number of rotatable bonds is 6. The molecule has 0 saturated heterocycles. The van der Waals surface area contributed by atoms with Gasteiger partial charge in [0, 0.05) is 11.3 Å². The van der Waals surface area contributed by atoms with Gasteiger partial charge in [-0.2, -0.15) is 0 Å². The summed E-state index contributed by atoms with van der Waals surface area (Å²) in [7, 11) is -3.30. The molecule has 2 aromatic rings. The molecule has 0 unspecified atom stereocenters. The van der Waals surface area contributed by atoms with Gasteiger partial charge in [-0.25, -0.2) is 8.42 Å². The van der Waals surface area contributed by atoms with Crippen molar-refractivity contribution in [2.24, 2.45) is 0 Å². The van der Waals surface area contributed by atoms with Crippen LogP contribution >= 0.6 is 0 Å². The monoisotopic (exact) mass is 329 g/mol. The van der Waals surface area contributed by atoms with Crippen molar-refractivity contribution in [1.29, 1.82) is 0 Å². The smallest absolute Gasteiger partial charge is 0.232 e. The summed E-state index contributed by atoms with van der Waals surface area (Å²) in [6.07, 6.45) is 3.27. The van der Waals surface area contributed by atoms with Crippen LogP contribution < -0.4 is 4.72 Å². The van der Waals surface area contributed by atoms with Gasteiger partial charge >= 0.3 is 0 Å². The molecule has 4 nitrogen and oxygen atoms in total. The first-order valence-corrected chi connectivity index (χ1v) is 8.94. The van der Waals surface area contributed by atoms with Gasteiger partial charge in [0.25, 0.3) is 0 Å². The zero-order valence-corrected chi connectivity index (χ0v) is 13.9. The van der Waals surface area contributed by atoms with Crippen LogP contribution in [-0.4, -0.2) is 20.0 Å². The summed E-state index contributed by atoms with van der Waals surface area (Å²) < 4.78 is 25.4. The van der Waals surface area contributed by atoms with Gasteiger partial charge in [0.1, 0.15) is 0 Å². The molecule has 0 bridgehead atoms. The number of nitrogens with one attached hydrogen (secondary N) is 1. The van der Waals surface area contributed by atoms with E-state index in [1.807, 2.05) is 31.2 Å². The third-order valence-electron chi connectivity index (χ3n) is 3.33. The van der Waals surface area contributed by atoms with E-state index in [1.54, 1.807) is 37.3 Å². The molecule has 0 amide bonds. The Hall–Kier alpha value is -2.40. The van der Waals surface area contributed by atoms with E-state index in [4.69, 9.17) is 0 Å². The number of benzene rings is 2. The summed E-state index contributed by atoms with van der Waals surface area (Å²) in [5.74, 6) is -0.122. The number of aryl methyl sites for hydroxylation is 1. The maximum atomic E-state index is 12.1. The normalized spacial score (nSPS) is 11.6. The molecule has 0 radical (unpaired) electrons. The van der Waals surface area contributed by atoms with E-state index in [1.165, 1.54) is 11.6 Å². The Morgan fingerprint density at radius 1 is 1.04 bits per heavy atom. The van der Waals surface area contributed by atoms with E-state index in [0.29, 0.717) is 11.3 Å². The van der Waals surface area contributed by atoms with Crippen molar-refractivity contribution >= 4 is 27.6 Å². The van der Waals surface area contributed by atoms with Crippen LogP contribution in [0.1, 0.15) is 28.4 Å². The lowest BCUT2D eigenvalue weighted by Crippen LogP contribution is -2.14. The van der Waals surface area contributed by atoms with Gasteiger partial charge in [0.15, 0.2) is 5.78 Å². The quantitative estimate of drug-likeness (QED) is 0.650. The molecule has 5 heteroatoms. The zero-order valence-electron chi connectivity index (χ0n) is 13.1. The van der Waals surface area contributed by atoms with Crippen LogP contribution in [0, 0.1) is 6.92 Å². The molecule has 23 heavy (non-hydrogen) atoms. The zero-order chi connectivity index (χ0) is 16.9. The summed E-state index contributed by atoms with van der Waals surface area (Å²) in [6, 6.07) is 14.2. The Bertz CT molecular complexity index is 804. The summed E-state index contributed by atoms with van der Waals surface area (Å²) in [4.78, 5) is 12.1. The summed E-state index contributed by atoms with van der Waals surface area (Å²) in [5.41, 5.74) is 3.08. The highest BCUT2D eigenvalue weighted by molar-refractivity contribution is 7.92. The molecule has 1 N–H and O–H groups in total. The van der Waals surface area contributed by atoms with Crippen molar-refractivity contribution in [3.8, 4) is 0 Å². The number of hydrogen-bond donors (Lipinski definition) is 1. The second-order valence-electron chi connectivity index (χ2n) is 5.19. The van der Waals surface area contributed by atoms with Crippen LogP contribution in [0.2, 0.25) is 0 Å². The Balaban J connectivity index is 2.07. The van der Waals surface area contributed by atoms with Crippen molar-refractivity contribution in [2.75, 3.05) is 10.5 Å². The molecule has 0 aliphatic heterocycles. The number of ketones is 1. The SMILES string of the molecule is CCS(=O)(=O)Nc1ccc(C(=O)/C=C/c2ccc(C)cc2)cc1. The van der Waals surface area contributed by atoms with Gasteiger partial charge < -0.3 is 0 Å². The molecule has 0 aromatic heterocycles. The van der Waals surface area contributed by atoms with Crippen molar-refractivity contribution in [3.63, 3.8) is 0 Å².